The van der Waals surface area contributed by atoms with E-state index >= 15 is 0 Å². The number of hydrogen-bond donors (Lipinski definition) is 4. The van der Waals surface area contributed by atoms with Crippen LogP contribution in [0.5, 0.6) is 0 Å². The number of pyridine rings is 2. The summed E-state index contributed by atoms with van der Waals surface area (Å²) in [6.07, 6.45) is 4.85. The van der Waals surface area contributed by atoms with Crippen LogP contribution in [-0.2, 0) is 6.54 Å². The van der Waals surface area contributed by atoms with Crippen LogP contribution >= 0.6 is 0 Å². The van der Waals surface area contributed by atoms with E-state index in [1.807, 2.05) is 37.3 Å². The summed E-state index contributed by atoms with van der Waals surface area (Å²) < 4.78 is 0. The number of nitrogens with two attached hydrogens (primary N) is 1. The lowest BCUT2D eigenvalue weighted by Crippen LogP contribution is -2.08. The molecule has 0 saturated carbocycles. The maximum absolute atomic E-state index is 7.58. The minimum atomic E-state index is 0.573. The third-order valence-electron chi connectivity index (χ3n) is 3.97. The minimum Gasteiger partial charge on any atom is -0.396 e. The molecule has 132 valence electrons. The number of aromatic nitrogens is 2. The zero-order valence-electron chi connectivity index (χ0n) is 14.7. The first kappa shape index (κ1) is 17.4. The Morgan fingerprint density at radius 2 is 2.12 bits per heavy atom. The molecule has 0 bridgehead atoms. The molecule has 5 N–H and O–H groups in total. The molecule has 0 atom stereocenters. The second kappa shape index (κ2) is 8.11. The van der Waals surface area contributed by atoms with Crippen LogP contribution in [0.3, 0.4) is 0 Å². The largest absolute Gasteiger partial charge is 0.396 e. The average molecular weight is 346 g/mol. The van der Waals surface area contributed by atoms with Crippen LogP contribution in [0.15, 0.2) is 54.9 Å². The van der Waals surface area contributed by atoms with Crippen molar-refractivity contribution in [3.05, 3.63) is 66.1 Å². The summed E-state index contributed by atoms with van der Waals surface area (Å²) in [6, 6.07) is 13.7. The highest BCUT2D eigenvalue weighted by molar-refractivity contribution is 6.07. The predicted molar refractivity (Wildman–Crippen MR) is 108 cm³/mol. The Morgan fingerprint density at radius 1 is 1.23 bits per heavy atom. The number of anilines is 2. The van der Waals surface area contributed by atoms with Crippen LogP contribution in [0.4, 0.5) is 11.5 Å². The number of nitrogens with one attached hydrogen (secondary N) is 3. The Kier molecular flexibility index (Phi) is 5.43. The van der Waals surface area contributed by atoms with Crippen LogP contribution in [-0.4, -0.2) is 22.7 Å². The van der Waals surface area contributed by atoms with Gasteiger partial charge < -0.3 is 21.8 Å². The van der Waals surface area contributed by atoms with Gasteiger partial charge in [0.15, 0.2) is 0 Å². The smallest absolute Gasteiger partial charge is 0.150 e. The highest BCUT2D eigenvalue weighted by Gasteiger charge is 2.06. The molecule has 0 amide bonds. The molecule has 0 aliphatic heterocycles. The van der Waals surface area contributed by atoms with Gasteiger partial charge in [0.25, 0.3) is 0 Å². The maximum Gasteiger partial charge on any atom is 0.150 e. The van der Waals surface area contributed by atoms with Crippen molar-refractivity contribution < 1.29 is 0 Å². The molecule has 2 aromatic heterocycles. The summed E-state index contributed by atoms with van der Waals surface area (Å²) >= 11 is 0. The maximum atomic E-state index is 7.58. The van der Waals surface area contributed by atoms with Crippen molar-refractivity contribution in [1.82, 2.24) is 15.3 Å². The Bertz CT molecular complexity index is 948. The monoisotopic (exact) mass is 346 g/mol. The number of benzene rings is 1. The third kappa shape index (κ3) is 3.97. The fraction of sp³-hybridized carbons (Fsp3) is 0.150. The van der Waals surface area contributed by atoms with Crippen LogP contribution in [0.1, 0.15) is 18.2 Å². The van der Waals surface area contributed by atoms with Gasteiger partial charge >= 0.3 is 0 Å². The molecule has 0 fully saturated rings. The second-order valence-corrected chi connectivity index (χ2v) is 5.82. The molecule has 0 unspecified atom stereocenters. The predicted octanol–water partition coefficient (Wildman–Crippen LogP) is 3.42. The SMILES string of the molecule is CCN/C=C(\C=N)c1ccc(N)c(NCc2ccc3ncccc3c2)n1. The molecular weight excluding hydrogens is 324 g/mol. The summed E-state index contributed by atoms with van der Waals surface area (Å²) in [5.41, 5.74) is 10.1. The number of allylic oxidation sites excluding steroid dienone is 1. The molecule has 3 aromatic rings. The summed E-state index contributed by atoms with van der Waals surface area (Å²) in [5, 5.41) is 15.1. The second-order valence-electron chi connectivity index (χ2n) is 5.82. The molecule has 6 heteroatoms. The van der Waals surface area contributed by atoms with Gasteiger partial charge in [-0.3, -0.25) is 4.98 Å². The lowest BCUT2D eigenvalue weighted by molar-refractivity contribution is 0.922. The lowest BCUT2D eigenvalue weighted by atomic mass is 10.1. The van der Waals surface area contributed by atoms with Crippen molar-refractivity contribution in [2.75, 3.05) is 17.6 Å². The van der Waals surface area contributed by atoms with Gasteiger partial charge in [-0.15, -0.1) is 0 Å². The summed E-state index contributed by atoms with van der Waals surface area (Å²) in [4.78, 5) is 8.90. The van der Waals surface area contributed by atoms with E-state index in [0.717, 1.165) is 23.0 Å². The van der Waals surface area contributed by atoms with Crippen molar-refractivity contribution in [2.24, 2.45) is 0 Å². The summed E-state index contributed by atoms with van der Waals surface area (Å²) in [6.45, 7) is 3.39. The van der Waals surface area contributed by atoms with E-state index in [0.29, 0.717) is 29.3 Å². The molecule has 26 heavy (non-hydrogen) atoms. The number of nitrogen functional groups attached to an aromatic ring is 1. The Labute approximate surface area is 152 Å². The fourth-order valence-corrected chi connectivity index (χ4v) is 2.59. The van der Waals surface area contributed by atoms with E-state index in [9.17, 15) is 0 Å². The van der Waals surface area contributed by atoms with Gasteiger partial charge in [0.2, 0.25) is 0 Å². The molecule has 0 aliphatic carbocycles. The van der Waals surface area contributed by atoms with Gasteiger partial charge in [0, 0.05) is 42.7 Å². The molecule has 2 heterocycles. The Balaban J connectivity index is 1.80. The van der Waals surface area contributed by atoms with Gasteiger partial charge in [-0.1, -0.05) is 12.1 Å². The molecule has 0 aliphatic rings. The Morgan fingerprint density at radius 3 is 2.92 bits per heavy atom. The number of hydrogen-bond acceptors (Lipinski definition) is 6. The van der Waals surface area contributed by atoms with E-state index < -0.39 is 0 Å². The van der Waals surface area contributed by atoms with Crippen LogP contribution in [0, 0.1) is 5.41 Å². The molecule has 3 rings (SSSR count). The lowest BCUT2D eigenvalue weighted by Gasteiger charge is -2.11. The Hall–Kier alpha value is -3.41. The van der Waals surface area contributed by atoms with Gasteiger partial charge in [-0.05, 0) is 42.8 Å². The van der Waals surface area contributed by atoms with E-state index in [1.165, 1.54) is 6.21 Å². The van der Waals surface area contributed by atoms with E-state index in [-0.39, 0.29) is 0 Å². The van der Waals surface area contributed by atoms with Gasteiger partial charge in [0.05, 0.1) is 16.9 Å². The topological polar surface area (TPSA) is 99.7 Å². The van der Waals surface area contributed by atoms with Gasteiger partial charge in [0.1, 0.15) is 5.82 Å². The van der Waals surface area contributed by atoms with E-state index in [4.69, 9.17) is 11.1 Å². The molecule has 1 aromatic carbocycles. The average Bonchev–Trinajstić information content (AvgIpc) is 2.68. The first-order valence-corrected chi connectivity index (χ1v) is 8.49. The zero-order chi connectivity index (χ0) is 18.4. The van der Waals surface area contributed by atoms with Crippen molar-refractivity contribution in [1.29, 1.82) is 5.41 Å². The molecule has 0 spiro atoms. The highest BCUT2D eigenvalue weighted by atomic mass is 15.0. The number of rotatable bonds is 7. The number of nitrogens with zero attached hydrogens (tertiary/aromatic N) is 2. The molecule has 0 radical (unpaired) electrons. The molecule has 6 nitrogen and oxygen atoms in total. The van der Waals surface area contributed by atoms with Gasteiger partial charge in [-0.25, -0.2) is 4.98 Å². The van der Waals surface area contributed by atoms with Gasteiger partial charge in [-0.2, -0.15) is 0 Å². The zero-order valence-corrected chi connectivity index (χ0v) is 14.7. The highest BCUT2D eigenvalue weighted by Crippen LogP contribution is 2.21. The summed E-state index contributed by atoms with van der Waals surface area (Å²) in [7, 11) is 0. The van der Waals surface area contributed by atoms with Crippen molar-refractivity contribution in [3.8, 4) is 0 Å². The first-order chi connectivity index (χ1) is 12.7. The van der Waals surface area contributed by atoms with E-state index in [2.05, 4.69) is 26.7 Å². The van der Waals surface area contributed by atoms with E-state index in [1.54, 1.807) is 18.5 Å². The van der Waals surface area contributed by atoms with Crippen molar-refractivity contribution in [3.63, 3.8) is 0 Å². The van der Waals surface area contributed by atoms with Crippen LogP contribution in [0.25, 0.3) is 16.5 Å². The quantitative estimate of drug-likeness (QED) is 0.491. The van der Waals surface area contributed by atoms with Crippen molar-refractivity contribution in [2.45, 2.75) is 13.5 Å². The standard InChI is InChI=1S/C20H22N6/c1-2-23-13-16(11-21)19-8-6-17(22)20(26-19)25-12-14-5-7-18-15(10-14)4-3-9-24-18/h3-11,13,21,23H,2,12,22H2,1H3,(H,25,26)/b16-13+,21-11?. The number of fused-ring (bicyclic) bond motifs is 1. The molecular formula is C20H22N6. The summed E-state index contributed by atoms with van der Waals surface area (Å²) in [5.74, 6) is 0.609. The normalized spacial score (nSPS) is 11.3. The minimum absolute atomic E-state index is 0.573. The first-order valence-electron chi connectivity index (χ1n) is 8.49. The van der Waals surface area contributed by atoms with Crippen LogP contribution in [0.2, 0.25) is 0 Å². The van der Waals surface area contributed by atoms with Crippen LogP contribution < -0.4 is 16.4 Å². The van der Waals surface area contributed by atoms with Crippen molar-refractivity contribution >= 4 is 34.2 Å². The fourth-order valence-electron chi connectivity index (χ4n) is 2.59. The third-order valence-corrected chi connectivity index (χ3v) is 3.97. The molecule has 0 saturated heterocycles.